The summed E-state index contributed by atoms with van der Waals surface area (Å²) in [6.07, 6.45) is 2.39. The third-order valence-electron chi connectivity index (χ3n) is 10.9. The summed E-state index contributed by atoms with van der Waals surface area (Å²) in [7, 11) is 0. The zero-order valence-electron chi connectivity index (χ0n) is 30.8. The van der Waals surface area contributed by atoms with E-state index in [2.05, 4.69) is 224 Å². The highest BCUT2D eigenvalue weighted by Crippen LogP contribution is 2.44. The average molecular weight is 715 g/mol. The predicted molar refractivity (Wildman–Crippen MR) is 235 cm³/mol. The van der Waals surface area contributed by atoms with Gasteiger partial charge >= 0.3 is 0 Å². The predicted octanol–water partition coefficient (Wildman–Crippen LogP) is 14.2. The summed E-state index contributed by atoms with van der Waals surface area (Å²) in [5.41, 5.74) is 17.3. The van der Waals surface area contributed by atoms with Crippen molar-refractivity contribution in [2.75, 3.05) is 5.32 Å². The van der Waals surface area contributed by atoms with Gasteiger partial charge in [0.05, 0.1) is 17.4 Å². The number of pyridine rings is 1. The Labute approximate surface area is 328 Å². The minimum Gasteiger partial charge on any atom is -0.374 e. The average Bonchev–Trinajstić information content (AvgIpc) is 3.29. The van der Waals surface area contributed by atoms with E-state index in [-0.39, 0.29) is 6.04 Å². The first-order valence-electron chi connectivity index (χ1n) is 19.2. The molecule has 264 valence electrons. The molecule has 0 radical (unpaired) electrons. The van der Waals surface area contributed by atoms with Crippen LogP contribution in [0.5, 0.6) is 0 Å². The minimum atomic E-state index is 0.0804. The summed E-state index contributed by atoms with van der Waals surface area (Å²) in [5.74, 6) is 0. The van der Waals surface area contributed by atoms with Gasteiger partial charge in [0.25, 0.3) is 0 Å². The molecule has 2 heterocycles. The van der Waals surface area contributed by atoms with Gasteiger partial charge < -0.3 is 5.32 Å². The fourth-order valence-electron chi connectivity index (χ4n) is 8.09. The lowest BCUT2D eigenvalue weighted by molar-refractivity contribution is 0.974. The van der Waals surface area contributed by atoms with E-state index in [1.165, 1.54) is 55.3 Å². The highest BCUT2D eigenvalue weighted by molar-refractivity contribution is 6.08. The van der Waals surface area contributed by atoms with Crippen LogP contribution in [0.3, 0.4) is 0 Å². The molecule has 1 aliphatic heterocycles. The Kier molecular flexibility index (Phi) is 8.62. The van der Waals surface area contributed by atoms with Crippen molar-refractivity contribution in [1.82, 2.24) is 4.98 Å². The van der Waals surface area contributed by atoms with Crippen LogP contribution in [0.1, 0.15) is 22.7 Å². The van der Waals surface area contributed by atoms with Gasteiger partial charge in [-0.3, -0.25) is 0 Å². The molecule has 9 aromatic rings. The van der Waals surface area contributed by atoms with Gasteiger partial charge in [-0.15, -0.1) is 0 Å². The largest absolute Gasteiger partial charge is 0.374 e. The van der Waals surface area contributed by atoms with Crippen LogP contribution in [0, 0.1) is 0 Å². The van der Waals surface area contributed by atoms with Crippen LogP contribution in [0.15, 0.2) is 218 Å². The second kappa shape index (κ2) is 14.5. The Bertz CT molecular complexity index is 2830. The summed E-state index contributed by atoms with van der Waals surface area (Å²) in [4.78, 5) is 5.18. The molecule has 0 spiro atoms. The number of aromatic nitrogens is 1. The van der Waals surface area contributed by atoms with Crippen LogP contribution < -0.4 is 5.32 Å². The fraction of sp³-hybridized carbons (Fsp3) is 0.0185. The molecule has 56 heavy (non-hydrogen) atoms. The smallest absolute Gasteiger partial charge is 0.0715 e. The summed E-state index contributed by atoms with van der Waals surface area (Å²) in [6, 6.07) is 76.0. The summed E-state index contributed by atoms with van der Waals surface area (Å²) < 4.78 is 0. The molecule has 0 saturated carbocycles. The van der Waals surface area contributed by atoms with Crippen LogP contribution in [0.25, 0.3) is 72.2 Å². The molecule has 0 bridgehead atoms. The number of nitrogens with zero attached hydrogens (tertiary/aromatic N) is 1. The molecule has 1 N–H and O–H groups in total. The Morgan fingerprint density at radius 2 is 0.857 bits per heavy atom. The third kappa shape index (κ3) is 6.38. The maximum atomic E-state index is 5.18. The van der Waals surface area contributed by atoms with Gasteiger partial charge in [0, 0.05) is 22.4 Å². The lowest BCUT2D eigenvalue weighted by Crippen LogP contribution is -2.15. The molecule has 8 aromatic carbocycles. The molecule has 2 heteroatoms. The maximum Gasteiger partial charge on any atom is 0.0715 e. The molecule has 2 nitrogen and oxygen atoms in total. The molecule has 0 fully saturated rings. The van der Waals surface area contributed by atoms with E-state index >= 15 is 0 Å². The van der Waals surface area contributed by atoms with Crippen LogP contribution in [0.4, 0.5) is 5.69 Å². The monoisotopic (exact) mass is 714 g/mol. The molecule has 1 aliphatic rings. The fourth-order valence-corrected chi connectivity index (χ4v) is 8.09. The first-order chi connectivity index (χ1) is 27.7. The molecule has 10 rings (SSSR count). The summed E-state index contributed by atoms with van der Waals surface area (Å²) in [5, 5.41) is 6.32. The van der Waals surface area contributed by atoms with Crippen molar-refractivity contribution in [2.45, 2.75) is 6.04 Å². The molecule has 1 aromatic heterocycles. The first kappa shape index (κ1) is 33.3. The number of rotatable bonds is 7. The number of nitrogens with one attached hydrogen (secondary N) is 1. The Morgan fingerprint density at radius 3 is 1.50 bits per heavy atom. The first-order valence-corrected chi connectivity index (χ1v) is 19.2. The van der Waals surface area contributed by atoms with Crippen molar-refractivity contribution < 1.29 is 0 Å². The summed E-state index contributed by atoms with van der Waals surface area (Å²) >= 11 is 0. The Hall–Kier alpha value is -7.29. The number of benzene rings is 8. The van der Waals surface area contributed by atoms with Crippen LogP contribution in [-0.2, 0) is 0 Å². The molecule has 1 unspecified atom stereocenters. The normalized spacial score (nSPS) is 13.4. The number of anilines is 1. The second-order valence-electron chi connectivity index (χ2n) is 14.4. The van der Waals surface area contributed by atoms with Gasteiger partial charge in [0.1, 0.15) is 0 Å². The quantitative estimate of drug-likeness (QED) is 0.178. The Morgan fingerprint density at radius 1 is 0.357 bits per heavy atom. The van der Waals surface area contributed by atoms with E-state index in [9.17, 15) is 0 Å². The molecule has 1 atom stereocenters. The Balaban J connectivity index is 1.03. The van der Waals surface area contributed by atoms with Crippen molar-refractivity contribution >= 4 is 22.0 Å². The molecular weight excluding hydrogens is 677 g/mol. The lowest BCUT2D eigenvalue weighted by atomic mass is 9.85. The van der Waals surface area contributed by atoms with Gasteiger partial charge in [-0.2, -0.15) is 0 Å². The van der Waals surface area contributed by atoms with Crippen molar-refractivity contribution in [3.63, 3.8) is 0 Å². The van der Waals surface area contributed by atoms with Crippen LogP contribution in [-0.4, -0.2) is 4.98 Å². The number of hydrogen-bond acceptors (Lipinski definition) is 2. The van der Waals surface area contributed by atoms with Crippen LogP contribution >= 0.6 is 0 Å². The van der Waals surface area contributed by atoms with Gasteiger partial charge in [-0.1, -0.05) is 194 Å². The highest BCUT2D eigenvalue weighted by Gasteiger charge is 2.24. The van der Waals surface area contributed by atoms with Gasteiger partial charge in [-0.25, -0.2) is 4.98 Å². The van der Waals surface area contributed by atoms with E-state index in [0.717, 1.165) is 39.3 Å². The van der Waals surface area contributed by atoms with Crippen molar-refractivity contribution in [3.05, 3.63) is 235 Å². The van der Waals surface area contributed by atoms with E-state index < -0.39 is 0 Å². The zero-order chi connectivity index (χ0) is 37.3. The molecular formula is C54H38N2. The van der Waals surface area contributed by atoms with E-state index in [0.29, 0.717) is 0 Å². The maximum absolute atomic E-state index is 5.18. The molecule has 0 aliphatic carbocycles. The standard InChI is InChI=1S/C54H38N2/c1-5-14-37(15-6-1)38-26-30-44(31-27-38)52-35-45(34-51(56-52)42-18-9-3-10-19-42)39-24-28-41(29-25-39)46-22-13-23-48-47(46)32-33-50-54(48)49(40-16-7-2-8-17-40)36-53(55-50)43-20-11-4-12-21-43/h1-36,53,55H. The lowest BCUT2D eigenvalue weighted by Gasteiger charge is -2.29. The number of hydrogen-bond donors (Lipinski definition) is 1. The van der Waals surface area contributed by atoms with Gasteiger partial charge in [-0.05, 0) is 85.1 Å². The summed E-state index contributed by atoms with van der Waals surface area (Å²) in [6.45, 7) is 0. The number of fused-ring (bicyclic) bond motifs is 3. The van der Waals surface area contributed by atoms with E-state index in [1.807, 2.05) is 0 Å². The van der Waals surface area contributed by atoms with Gasteiger partial charge in [0.15, 0.2) is 0 Å². The van der Waals surface area contributed by atoms with E-state index in [1.54, 1.807) is 0 Å². The second-order valence-corrected chi connectivity index (χ2v) is 14.4. The third-order valence-corrected chi connectivity index (χ3v) is 10.9. The minimum absolute atomic E-state index is 0.0804. The highest BCUT2D eigenvalue weighted by atomic mass is 14.9. The topological polar surface area (TPSA) is 24.9 Å². The van der Waals surface area contributed by atoms with Crippen molar-refractivity contribution in [1.29, 1.82) is 0 Å². The molecule has 0 amide bonds. The zero-order valence-corrected chi connectivity index (χ0v) is 30.8. The van der Waals surface area contributed by atoms with Crippen LogP contribution in [0.2, 0.25) is 0 Å². The van der Waals surface area contributed by atoms with E-state index in [4.69, 9.17) is 4.98 Å². The SMILES string of the molecule is C1=C(c2ccccc2)c2c(ccc3c(-c4ccc(-c5cc(-c6ccccc6)nc(-c6ccc(-c7ccccc7)cc6)c5)cc4)cccc23)NC1c1ccccc1. The van der Waals surface area contributed by atoms with Crippen molar-refractivity contribution in [2.24, 2.45) is 0 Å². The van der Waals surface area contributed by atoms with Gasteiger partial charge in [0.2, 0.25) is 0 Å². The van der Waals surface area contributed by atoms with Crippen molar-refractivity contribution in [3.8, 4) is 55.9 Å². The molecule has 0 saturated heterocycles.